The summed E-state index contributed by atoms with van der Waals surface area (Å²) in [5.41, 5.74) is 0. The van der Waals surface area contributed by atoms with E-state index in [1.54, 1.807) is 6.92 Å². The van der Waals surface area contributed by atoms with Gasteiger partial charge in [0.25, 0.3) is 10.0 Å². The van der Waals surface area contributed by atoms with Crippen LogP contribution in [-0.4, -0.2) is 36.2 Å². The van der Waals surface area contributed by atoms with Gasteiger partial charge in [0.05, 0.1) is 10.1 Å². The molecule has 1 aliphatic rings. The first kappa shape index (κ1) is 16.3. The average molecular weight is 347 g/mol. The maximum absolute atomic E-state index is 12.3. The lowest BCUT2D eigenvalue weighted by atomic mass is 10.3. The summed E-state index contributed by atoms with van der Waals surface area (Å²) in [5.74, 6) is -0.0879. The minimum absolute atomic E-state index is 0.0588. The molecule has 1 fully saturated rings. The van der Waals surface area contributed by atoms with E-state index in [-0.39, 0.29) is 21.2 Å². The van der Waals surface area contributed by atoms with E-state index in [4.69, 9.17) is 11.6 Å². The highest BCUT2D eigenvalue weighted by Gasteiger charge is 2.37. The van der Waals surface area contributed by atoms with Crippen LogP contribution in [0.1, 0.15) is 20.3 Å². The van der Waals surface area contributed by atoms with Gasteiger partial charge in [-0.05, 0) is 37.6 Å². The Morgan fingerprint density at radius 1 is 1.29 bits per heavy atom. The smallest absolute Gasteiger partial charge is 0.284 e. The van der Waals surface area contributed by atoms with Gasteiger partial charge in [-0.2, -0.15) is 8.42 Å². The monoisotopic (exact) mass is 346 g/mol. The third-order valence-electron chi connectivity index (χ3n) is 3.02. The quantitative estimate of drug-likeness (QED) is 0.840. The molecule has 0 N–H and O–H groups in total. The summed E-state index contributed by atoms with van der Waals surface area (Å²) in [6.45, 7) is 4.08. The fraction of sp³-hybridized carbons (Fsp3) is 0.385. The molecule has 0 unspecified atom stereocenters. The number of benzene rings is 1. The van der Waals surface area contributed by atoms with Gasteiger partial charge in [0.15, 0.2) is 5.17 Å². The molecule has 0 aliphatic carbocycles. The Kier molecular flexibility index (Phi) is 4.95. The van der Waals surface area contributed by atoms with Crippen molar-refractivity contribution in [1.82, 2.24) is 4.90 Å². The first-order valence-corrected chi connectivity index (χ1v) is 9.17. The van der Waals surface area contributed by atoms with Crippen LogP contribution in [0.5, 0.6) is 0 Å². The lowest BCUT2D eigenvalue weighted by Crippen LogP contribution is -2.32. The van der Waals surface area contributed by atoms with Gasteiger partial charge in [-0.3, -0.25) is 9.69 Å². The number of hydrogen-bond acceptors (Lipinski definition) is 4. The summed E-state index contributed by atoms with van der Waals surface area (Å²) in [5, 5.41) is 0.432. The predicted octanol–water partition coefficient (Wildman–Crippen LogP) is 2.76. The fourth-order valence-electron chi connectivity index (χ4n) is 1.89. The molecule has 1 amide bonds. The Morgan fingerprint density at radius 2 is 1.90 bits per heavy atom. The highest BCUT2D eigenvalue weighted by atomic mass is 35.5. The zero-order valence-electron chi connectivity index (χ0n) is 11.6. The number of nitrogens with zero attached hydrogens (tertiary/aromatic N) is 2. The Labute approximate surface area is 133 Å². The van der Waals surface area contributed by atoms with Crippen LogP contribution in [0.15, 0.2) is 33.6 Å². The Balaban J connectivity index is 2.37. The number of halogens is 1. The molecule has 21 heavy (non-hydrogen) atoms. The van der Waals surface area contributed by atoms with Crippen molar-refractivity contribution >= 4 is 44.5 Å². The standard InChI is InChI=1S/C13H15ClN2O3S2/c1-3-11-12(17)16(4-2)13(20-11)15-21(18,19)10-7-5-9(14)6-8-10/h5-8,11H,3-4H2,1-2H3/t11-/m1/s1. The fourth-order valence-corrected chi connectivity index (χ4v) is 4.37. The molecule has 0 spiro atoms. The van der Waals surface area contributed by atoms with E-state index in [1.807, 2.05) is 6.92 Å². The molecule has 114 valence electrons. The Hall–Kier alpha value is -1.05. The van der Waals surface area contributed by atoms with Crippen LogP contribution < -0.4 is 0 Å². The van der Waals surface area contributed by atoms with Crippen LogP contribution in [0.3, 0.4) is 0 Å². The Bertz CT molecular complexity index is 671. The van der Waals surface area contributed by atoms with Crippen LogP contribution in [0, 0.1) is 0 Å². The average Bonchev–Trinajstić information content (AvgIpc) is 2.74. The van der Waals surface area contributed by atoms with Crippen molar-refractivity contribution in [3.05, 3.63) is 29.3 Å². The molecule has 5 nitrogen and oxygen atoms in total. The van der Waals surface area contributed by atoms with E-state index >= 15 is 0 Å². The number of amidine groups is 1. The maximum atomic E-state index is 12.3. The minimum atomic E-state index is -3.84. The summed E-state index contributed by atoms with van der Waals surface area (Å²) in [4.78, 5) is 13.5. The number of carbonyl (C=O) groups is 1. The van der Waals surface area contributed by atoms with Gasteiger partial charge in [0.1, 0.15) is 0 Å². The van der Waals surface area contributed by atoms with Crippen LogP contribution in [0.4, 0.5) is 0 Å². The van der Waals surface area contributed by atoms with E-state index < -0.39 is 10.0 Å². The zero-order chi connectivity index (χ0) is 15.6. The van der Waals surface area contributed by atoms with Gasteiger partial charge in [0, 0.05) is 11.6 Å². The van der Waals surface area contributed by atoms with Crippen LogP contribution in [0.25, 0.3) is 0 Å². The molecule has 8 heteroatoms. The summed E-state index contributed by atoms with van der Waals surface area (Å²) < 4.78 is 28.4. The second-order valence-corrected chi connectivity index (χ2v) is 7.61. The van der Waals surface area contributed by atoms with Crippen molar-refractivity contribution in [2.24, 2.45) is 4.40 Å². The van der Waals surface area contributed by atoms with Gasteiger partial charge in [-0.25, -0.2) is 0 Å². The van der Waals surface area contributed by atoms with Gasteiger partial charge in [-0.15, -0.1) is 4.40 Å². The molecule has 0 aromatic heterocycles. The summed E-state index contributed by atoms with van der Waals surface area (Å²) in [6, 6.07) is 5.79. The molecular formula is C13H15ClN2O3S2. The summed E-state index contributed by atoms with van der Waals surface area (Å²) in [6.07, 6.45) is 0.639. The van der Waals surface area contributed by atoms with E-state index in [2.05, 4.69) is 4.40 Å². The lowest BCUT2D eigenvalue weighted by Gasteiger charge is -2.12. The molecule has 0 radical (unpaired) electrons. The van der Waals surface area contributed by atoms with Crippen LogP contribution in [0.2, 0.25) is 5.02 Å². The highest BCUT2D eigenvalue weighted by Crippen LogP contribution is 2.30. The Morgan fingerprint density at radius 3 is 2.43 bits per heavy atom. The number of amides is 1. The number of carbonyl (C=O) groups excluding carboxylic acids is 1. The van der Waals surface area contributed by atoms with E-state index in [0.29, 0.717) is 18.0 Å². The van der Waals surface area contributed by atoms with E-state index in [1.165, 1.54) is 40.9 Å². The van der Waals surface area contributed by atoms with Crippen molar-refractivity contribution in [2.45, 2.75) is 30.4 Å². The molecule has 2 rings (SSSR count). The van der Waals surface area contributed by atoms with Crippen molar-refractivity contribution in [3.63, 3.8) is 0 Å². The lowest BCUT2D eigenvalue weighted by molar-refractivity contribution is -0.126. The highest BCUT2D eigenvalue weighted by molar-refractivity contribution is 8.16. The van der Waals surface area contributed by atoms with E-state index in [0.717, 1.165) is 0 Å². The second-order valence-electron chi connectivity index (χ2n) is 4.40. The van der Waals surface area contributed by atoms with Crippen molar-refractivity contribution < 1.29 is 13.2 Å². The second kappa shape index (κ2) is 6.37. The number of thioether (sulfide) groups is 1. The van der Waals surface area contributed by atoms with Gasteiger partial charge < -0.3 is 0 Å². The van der Waals surface area contributed by atoms with Crippen molar-refractivity contribution in [3.8, 4) is 0 Å². The zero-order valence-corrected chi connectivity index (χ0v) is 14.0. The normalized spacial score (nSPS) is 21.3. The molecule has 0 bridgehead atoms. The third-order valence-corrected chi connectivity index (χ3v) is 6.01. The molecular weight excluding hydrogens is 332 g/mol. The topological polar surface area (TPSA) is 66.8 Å². The van der Waals surface area contributed by atoms with E-state index in [9.17, 15) is 13.2 Å². The van der Waals surface area contributed by atoms with Gasteiger partial charge in [-0.1, -0.05) is 30.3 Å². The predicted molar refractivity (Wildman–Crippen MR) is 85.1 cm³/mol. The molecule has 0 saturated carbocycles. The third kappa shape index (κ3) is 3.41. The summed E-state index contributed by atoms with van der Waals surface area (Å²) in [7, 11) is -3.84. The first-order valence-electron chi connectivity index (χ1n) is 6.47. The maximum Gasteiger partial charge on any atom is 0.284 e. The van der Waals surface area contributed by atoms with Crippen LogP contribution in [-0.2, 0) is 14.8 Å². The molecule has 1 aliphatic heterocycles. The minimum Gasteiger partial charge on any atom is -0.290 e. The van der Waals surface area contributed by atoms with Crippen molar-refractivity contribution in [2.75, 3.05) is 6.54 Å². The molecule has 1 aromatic carbocycles. The molecule has 1 saturated heterocycles. The molecule has 1 aromatic rings. The first-order chi connectivity index (χ1) is 9.89. The number of hydrogen-bond donors (Lipinski definition) is 0. The number of rotatable bonds is 4. The van der Waals surface area contributed by atoms with Crippen molar-refractivity contribution in [1.29, 1.82) is 0 Å². The molecule has 1 heterocycles. The number of sulfonamides is 1. The largest absolute Gasteiger partial charge is 0.290 e. The van der Waals surface area contributed by atoms with Gasteiger partial charge in [0.2, 0.25) is 5.91 Å². The van der Waals surface area contributed by atoms with Crippen LogP contribution >= 0.6 is 23.4 Å². The summed E-state index contributed by atoms with van der Waals surface area (Å²) >= 11 is 6.94. The van der Waals surface area contributed by atoms with Gasteiger partial charge >= 0.3 is 0 Å². The SMILES string of the molecule is CC[C@H]1SC(=NS(=O)(=O)c2ccc(Cl)cc2)N(CC)C1=O. The molecule has 1 atom stereocenters.